The van der Waals surface area contributed by atoms with Crippen molar-refractivity contribution in [1.29, 1.82) is 0 Å². The van der Waals surface area contributed by atoms with E-state index in [0.29, 0.717) is 21.8 Å². The van der Waals surface area contributed by atoms with Crippen LogP contribution in [0.2, 0.25) is 5.02 Å². The lowest BCUT2D eigenvalue weighted by Crippen LogP contribution is -2.34. The first-order valence-electron chi connectivity index (χ1n) is 6.55. The van der Waals surface area contributed by atoms with Gasteiger partial charge in [-0.15, -0.1) is 0 Å². The van der Waals surface area contributed by atoms with Gasteiger partial charge in [0.15, 0.2) is 10.9 Å². The summed E-state index contributed by atoms with van der Waals surface area (Å²) in [7, 11) is 0. The number of hydrogen-bond donors (Lipinski definition) is 2. The van der Waals surface area contributed by atoms with E-state index in [9.17, 15) is 9.59 Å². The molecule has 2 aromatic carbocycles. The molecule has 0 aliphatic rings. The number of amides is 1. The standard InChI is InChI=1S/C16H12ClIN2O2S/c1-9(21)10-3-2-4-12(7-10)19-16(23)20-15(22)13-8-11(18)5-6-14(13)17/h2-8H,1H3,(H2,19,20,22,23). The number of hydrogen-bond acceptors (Lipinski definition) is 3. The molecular weight excluding hydrogens is 447 g/mol. The molecule has 0 saturated heterocycles. The summed E-state index contributed by atoms with van der Waals surface area (Å²) in [6, 6.07) is 12.0. The molecule has 2 N–H and O–H groups in total. The first-order valence-corrected chi connectivity index (χ1v) is 8.41. The third-order valence-corrected chi connectivity index (χ3v) is 4.13. The van der Waals surface area contributed by atoms with Gasteiger partial charge >= 0.3 is 0 Å². The molecule has 0 bridgehead atoms. The van der Waals surface area contributed by atoms with Gasteiger partial charge in [-0.1, -0.05) is 23.7 Å². The van der Waals surface area contributed by atoms with Gasteiger partial charge in [-0.25, -0.2) is 0 Å². The van der Waals surface area contributed by atoms with Crippen LogP contribution >= 0.6 is 46.4 Å². The first-order chi connectivity index (χ1) is 10.9. The molecule has 0 radical (unpaired) electrons. The van der Waals surface area contributed by atoms with Gasteiger partial charge in [0.1, 0.15) is 0 Å². The fourth-order valence-electron chi connectivity index (χ4n) is 1.82. The van der Waals surface area contributed by atoms with Crippen molar-refractivity contribution in [3.05, 3.63) is 62.2 Å². The number of halogens is 2. The molecule has 1 amide bonds. The molecule has 0 spiro atoms. The molecule has 4 nitrogen and oxygen atoms in total. The SMILES string of the molecule is CC(=O)c1cccc(NC(=S)NC(=O)c2cc(I)ccc2Cl)c1. The van der Waals surface area contributed by atoms with Crippen LogP contribution in [-0.4, -0.2) is 16.8 Å². The molecule has 0 aliphatic heterocycles. The Morgan fingerprint density at radius 1 is 1.17 bits per heavy atom. The van der Waals surface area contributed by atoms with Gasteiger partial charge in [-0.3, -0.25) is 14.9 Å². The van der Waals surface area contributed by atoms with Crippen LogP contribution in [0.1, 0.15) is 27.6 Å². The average Bonchev–Trinajstić information content (AvgIpc) is 2.49. The zero-order valence-corrected chi connectivity index (χ0v) is 15.8. The van der Waals surface area contributed by atoms with Gasteiger partial charge in [0, 0.05) is 14.8 Å². The number of ketones is 1. The average molecular weight is 459 g/mol. The highest BCUT2D eigenvalue weighted by atomic mass is 127. The van der Waals surface area contributed by atoms with E-state index in [0.717, 1.165) is 3.57 Å². The van der Waals surface area contributed by atoms with Crippen molar-refractivity contribution in [2.45, 2.75) is 6.92 Å². The summed E-state index contributed by atoms with van der Waals surface area (Å²) in [6.45, 7) is 1.48. The zero-order valence-electron chi connectivity index (χ0n) is 12.0. The predicted molar refractivity (Wildman–Crippen MR) is 104 cm³/mol. The van der Waals surface area contributed by atoms with Gasteiger partial charge in [-0.2, -0.15) is 0 Å². The van der Waals surface area contributed by atoms with Gasteiger partial charge in [0.25, 0.3) is 5.91 Å². The smallest absolute Gasteiger partial charge is 0.258 e. The Morgan fingerprint density at radius 2 is 1.91 bits per heavy atom. The molecule has 0 saturated carbocycles. The van der Waals surface area contributed by atoms with E-state index in [4.69, 9.17) is 23.8 Å². The lowest BCUT2D eigenvalue weighted by atomic mass is 10.1. The quantitative estimate of drug-likeness (QED) is 0.410. The van der Waals surface area contributed by atoms with Gasteiger partial charge in [-0.05, 0) is 72.1 Å². The number of thiocarbonyl (C=S) groups is 1. The monoisotopic (exact) mass is 458 g/mol. The van der Waals surface area contributed by atoms with Crippen molar-refractivity contribution < 1.29 is 9.59 Å². The van der Waals surface area contributed by atoms with Crippen LogP contribution in [0, 0.1) is 3.57 Å². The maximum atomic E-state index is 12.2. The minimum Gasteiger partial charge on any atom is -0.332 e. The Hall–Kier alpha value is -1.51. The van der Waals surface area contributed by atoms with Crippen molar-refractivity contribution >= 4 is 68.9 Å². The summed E-state index contributed by atoms with van der Waals surface area (Å²) in [5, 5.41) is 5.93. The van der Waals surface area contributed by atoms with Crippen LogP contribution in [0.4, 0.5) is 5.69 Å². The fraction of sp³-hybridized carbons (Fsp3) is 0.0625. The third kappa shape index (κ3) is 4.98. The molecule has 23 heavy (non-hydrogen) atoms. The summed E-state index contributed by atoms with van der Waals surface area (Å²) < 4.78 is 0.894. The summed E-state index contributed by atoms with van der Waals surface area (Å²) in [6.07, 6.45) is 0. The normalized spacial score (nSPS) is 10.0. The minimum atomic E-state index is -0.395. The molecular formula is C16H12ClIN2O2S. The molecule has 2 aromatic rings. The Labute approximate surface area is 157 Å². The van der Waals surface area contributed by atoms with Crippen molar-refractivity contribution in [2.75, 3.05) is 5.32 Å². The van der Waals surface area contributed by atoms with E-state index in [1.165, 1.54) is 6.92 Å². The Kier molecular flexibility index (Phi) is 6.09. The van der Waals surface area contributed by atoms with Crippen LogP contribution in [0.15, 0.2) is 42.5 Å². The summed E-state index contributed by atoms with van der Waals surface area (Å²) in [4.78, 5) is 23.6. The Balaban J connectivity index is 2.07. The number of carbonyl (C=O) groups is 2. The number of Topliss-reactive ketones (excluding diaryl/α,β-unsaturated/α-hetero) is 1. The van der Waals surface area contributed by atoms with Crippen molar-refractivity contribution in [2.24, 2.45) is 0 Å². The van der Waals surface area contributed by atoms with E-state index in [-0.39, 0.29) is 10.9 Å². The topological polar surface area (TPSA) is 58.2 Å². The number of carbonyl (C=O) groups excluding carboxylic acids is 2. The van der Waals surface area contributed by atoms with Crippen LogP contribution in [0.3, 0.4) is 0 Å². The third-order valence-electron chi connectivity index (χ3n) is 2.93. The van der Waals surface area contributed by atoms with Crippen LogP contribution in [0.25, 0.3) is 0 Å². The van der Waals surface area contributed by atoms with E-state index in [1.54, 1.807) is 36.4 Å². The van der Waals surface area contributed by atoms with E-state index in [1.807, 2.05) is 6.07 Å². The van der Waals surface area contributed by atoms with Gasteiger partial charge in [0.05, 0.1) is 10.6 Å². The molecule has 7 heteroatoms. The van der Waals surface area contributed by atoms with E-state index >= 15 is 0 Å². The summed E-state index contributed by atoms with van der Waals surface area (Å²) in [5.74, 6) is -0.442. The van der Waals surface area contributed by atoms with Crippen molar-refractivity contribution in [3.63, 3.8) is 0 Å². The second-order valence-electron chi connectivity index (χ2n) is 4.67. The largest absolute Gasteiger partial charge is 0.332 e. The van der Waals surface area contributed by atoms with Crippen LogP contribution < -0.4 is 10.6 Å². The Morgan fingerprint density at radius 3 is 2.61 bits per heavy atom. The lowest BCUT2D eigenvalue weighted by molar-refractivity contribution is 0.0976. The fourth-order valence-corrected chi connectivity index (χ4v) is 2.73. The second-order valence-corrected chi connectivity index (χ2v) is 6.73. The zero-order chi connectivity index (χ0) is 17.0. The maximum Gasteiger partial charge on any atom is 0.258 e. The van der Waals surface area contributed by atoms with Crippen LogP contribution in [-0.2, 0) is 0 Å². The molecule has 0 aliphatic carbocycles. The lowest BCUT2D eigenvalue weighted by Gasteiger charge is -2.11. The highest BCUT2D eigenvalue weighted by molar-refractivity contribution is 14.1. The highest BCUT2D eigenvalue weighted by Gasteiger charge is 2.12. The van der Waals surface area contributed by atoms with Gasteiger partial charge in [0.2, 0.25) is 0 Å². The molecule has 0 fully saturated rings. The van der Waals surface area contributed by atoms with Crippen molar-refractivity contribution in [3.8, 4) is 0 Å². The molecule has 118 valence electrons. The van der Waals surface area contributed by atoms with E-state index in [2.05, 4.69) is 33.2 Å². The van der Waals surface area contributed by atoms with E-state index < -0.39 is 5.91 Å². The number of benzene rings is 2. The number of nitrogens with one attached hydrogen (secondary N) is 2. The molecule has 0 aromatic heterocycles. The summed E-state index contributed by atoms with van der Waals surface area (Å²) >= 11 is 13.2. The number of rotatable bonds is 3. The molecule has 0 atom stereocenters. The Bertz CT molecular complexity index is 795. The van der Waals surface area contributed by atoms with Crippen molar-refractivity contribution in [1.82, 2.24) is 5.32 Å². The molecule has 0 unspecified atom stereocenters. The predicted octanol–water partition coefficient (Wildman–Crippen LogP) is 4.27. The first kappa shape index (κ1) is 17.8. The van der Waals surface area contributed by atoms with Gasteiger partial charge < -0.3 is 5.32 Å². The highest BCUT2D eigenvalue weighted by Crippen LogP contribution is 2.19. The summed E-state index contributed by atoms with van der Waals surface area (Å²) in [5.41, 5.74) is 1.53. The molecule has 2 rings (SSSR count). The maximum absolute atomic E-state index is 12.2. The molecule has 0 heterocycles. The second kappa shape index (κ2) is 7.85. The van der Waals surface area contributed by atoms with Crippen LogP contribution in [0.5, 0.6) is 0 Å². The number of anilines is 1. The minimum absolute atomic E-state index is 0.0470.